The van der Waals surface area contributed by atoms with Crippen molar-refractivity contribution >= 4 is 39.9 Å². The summed E-state index contributed by atoms with van der Waals surface area (Å²) >= 11 is 6.40. The minimum Gasteiger partial charge on any atom is -0.493 e. The molecule has 0 bridgehead atoms. The number of hydrogen-bond acceptors (Lipinski definition) is 7. The summed E-state index contributed by atoms with van der Waals surface area (Å²) in [6.45, 7) is 0.622. The van der Waals surface area contributed by atoms with E-state index >= 15 is 0 Å². The maximum Gasteiger partial charge on any atom is 0.317 e. The fraction of sp³-hybridized carbons (Fsp3) is 0.308. The summed E-state index contributed by atoms with van der Waals surface area (Å²) in [6, 6.07) is 7.70. The van der Waals surface area contributed by atoms with Crippen molar-refractivity contribution in [3.05, 3.63) is 52.9 Å². The van der Waals surface area contributed by atoms with Gasteiger partial charge >= 0.3 is 6.01 Å². The summed E-state index contributed by atoms with van der Waals surface area (Å²) < 4.78 is 11.4. The largest absolute Gasteiger partial charge is 0.493 e. The zero-order chi connectivity index (χ0) is 24.4. The van der Waals surface area contributed by atoms with E-state index in [4.69, 9.17) is 26.1 Å². The number of rotatable bonds is 6. The lowest BCUT2D eigenvalue weighted by Gasteiger charge is -2.23. The number of hydrogen-bond donors (Lipinski definition) is 3. The second-order valence-corrected chi connectivity index (χ2v) is 10.0. The highest BCUT2D eigenvalue weighted by Crippen LogP contribution is 2.54. The molecule has 4 heterocycles. The van der Waals surface area contributed by atoms with Crippen molar-refractivity contribution in [2.45, 2.75) is 37.2 Å². The van der Waals surface area contributed by atoms with Gasteiger partial charge in [-0.15, -0.1) is 0 Å². The van der Waals surface area contributed by atoms with Crippen LogP contribution in [0.15, 0.2) is 36.7 Å². The first-order valence-corrected chi connectivity index (χ1v) is 12.4. The Morgan fingerprint density at radius 1 is 1.19 bits per heavy atom. The molecule has 3 aliphatic rings. The molecular weight excluding hydrogens is 480 g/mol. The number of aromatic nitrogens is 4. The van der Waals surface area contributed by atoms with Crippen LogP contribution in [0.4, 0.5) is 11.4 Å². The lowest BCUT2D eigenvalue weighted by atomic mass is 9.93. The molecule has 0 radical (unpaired) electrons. The number of carbonyl (C=O) groups excluding carboxylic acids is 1. The Labute approximate surface area is 211 Å². The first kappa shape index (κ1) is 21.4. The third-order valence-electron chi connectivity index (χ3n) is 7.15. The van der Waals surface area contributed by atoms with E-state index in [0.29, 0.717) is 51.3 Å². The van der Waals surface area contributed by atoms with Crippen LogP contribution in [0.2, 0.25) is 5.02 Å². The quantitative estimate of drug-likeness (QED) is 0.349. The number of methoxy groups -OCH3 is 1. The topological polar surface area (TPSA) is 114 Å². The van der Waals surface area contributed by atoms with Gasteiger partial charge in [0.05, 0.1) is 41.0 Å². The number of aromatic amines is 1. The van der Waals surface area contributed by atoms with Crippen LogP contribution in [-0.4, -0.2) is 45.6 Å². The molecule has 7 rings (SSSR count). The second kappa shape index (κ2) is 7.83. The van der Waals surface area contributed by atoms with Crippen LogP contribution in [0.5, 0.6) is 11.8 Å². The Hall–Kier alpha value is -3.85. The van der Waals surface area contributed by atoms with E-state index in [1.54, 1.807) is 25.6 Å². The van der Waals surface area contributed by atoms with Crippen molar-refractivity contribution in [1.82, 2.24) is 25.3 Å². The molecule has 1 spiro atoms. The number of nitrogens with zero attached hydrogens (tertiary/aromatic N) is 3. The van der Waals surface area contributed by atoms with Gasteiger partial charge in [0.2, 0.25) is 0 Å². The Kier molecular flexibility index (Phi) is 4.66. The molecule has 0 unspecified atom stereocenters. The van der Waals surface area contributed by atoms with E-state index < -0.39 is 0 Å². The number of ether oxygens (including phenoxy) is 2. The van der Waals surface area contributed by atoms with Crippen LogP contribution in [0.25, 0.3) is 22.3 Å². The molecule has 4 aromatic rings. The number of carbonyl (C=O) groups is 1. The summed E-state index contributed by atoms with van der Waals surface area (Å²) in [5.74, 6) is 0.374. The smallest absolute Gasteiger partial charge is 0.317 e. The third-order valence-corrected chi connectivity index (χ3v) is 7.45. The van der Waals surface area contributed by atoms with Crippen molar-refractivity contribution in [1.29, 1.82) is 0 Å². The van der Waals surface area contributed by atoms with Crippen molar-refractivity contribution in [2.24, 2.45) is 0 Å². The van der Waals surface area contributed by atoms with Crippen LogP contribution in [0, 0.1) is 0 Å². The summed E-state index contributed by atoms with van der Waals surface area (Å²) in [5.41, 5.74) is 5.59. The zero-order valence-corrected chi connectivity index (χ0v) is 20.3. The lowest BCUT2D eigenvalue weighted by Crippen LogP contribution is -2.39. The molecule has 2 fully saturated rings. The van der Waals surface area contributed by atoms with Crippen molar-refractivity contribution in [2.75, 3.05) is 19.0 Å². The van der Waals surface area contributed by atoms with E-state index in [9.17, 15) is 4.79 Å². The lowest BCUT2D eigenvalue weighted by molar-refractivity contribution is 0.0938. The highest BCUT2D eigenvalue weighted by atomic mass is 35.5. The van der Waals surface area contributed by atoms with Crippen molar-refractivity contribution in [3.63, 3.8) is 0 Å². The number of H-pyrrole nitrogens is 1. The molecular formula is C26H23ClN6O3. The van der Waals surface area contributed by atoms with E-state index in [1.807, 2.05) is 18.2 Å². The van der Waals surface area contributed by atoms with Gasteiger partial charge < -0.3 is 25.1 Å². The molecule has 10 heteroatoms. The van der Waals surface area contributed by atoms with Gasteiger partial charge in [-0.05, 0) is 43.9 Å². The van der Waals surface area contributed by atoms with Crippen LogP contribution >= 0.6 is 11.6 Å². The third kappa shape index (κ3) is 3.37. The van der Waals surface area contributed by atoms with Gasteiger partial charge in [0, 0.05) is 29.4 Å². The van der Waals surface area contributed by atoms with Gasteiger partial charge in [-0.3, -0.25) is 9.78 Å². The second-order valence-electron chi connectivity index (χ2n) is 9.60. The number of fused-ring (bicyclic) bond motifs is 3. The van der Waals surface area contributed by atoms with Crippen LogP contribution in [0.1, 0.15) is 41.7 Å². The fourth-order valence-electron chi connectivity index (χ4n) is 4.92. The molecule has 9 nitrogen and oxygen atoms in total. The molecule has 0 saturated heterocycles. The molecule has 2 saturated carbocycles. The predicted octanol–water partition coefficient (Wildman–Crippen LogP) is 4.74. The van der Waals surface area contributed by atoms with Crippen LogP contribution in [-0.2, 0) is 5.41 Å². The number of nitrogens with one attached hydrogen (secondary N) is 3. The first-order valence-electron chi connectivity index (χ1n) is 12.0. The average molecular weight is 503 g/mol. The molecule has 3 aromatic heterocycles. The summed E-state index contributed by atoms with van der Waals surface area (Å²) in [5, 5.41) is 7.02. The van der Waals surface area contributed by atoms with Gasteiger partial charge in [-0.2, -0.15) is 4.98 Å². The van der Waals surface area contributed by atoms with Crippen molar-refractivity contribution < 1.29 is 14.3 Å². The first-order chi connectivity index (χ1) is 17.6. The minimum atomic E-state index is -0.126. The number of halogens is 1. The van der Waals surface area contributed by atoms with Gasteiger partial charge in [0.1, 0.15) is 17.1 Å². The summed E-state index contributed by atoms with van der Waals surface area (Å²) in [6.07, 6.45) is 7.62. The Balaban J connectivity index is 1.45. The molecule has 36 heavy (non-hydrogen) atoms. The number of benzene rings is 1. The van der Waals surface area contributed by atoms with E-state index in [1.165, 1.54) is 0 Å². The van der Waals surface area contributed by atoms with Gasteiger partial charge in [0.15, 0.2) is 5.75 Å². The number of amides is 1. The average Bonchev–Trinajstić information content (AvgIpc) is 3.81. The number of para-hydroxylation sites is 1. The van der Waals surface area contributed by atoms with E-state index in [-0.39, 0.29) is 17.4 Å². The number of anilines is 2. The molecule has 2 aliphatic carbocycles. The van der Waals surface area contributed by atoms with Gasteiger partial charge in [-0.25, -0.2) is 4.98 Å². The van der Waals surface area contributed by atoms with Crippen LogP contribution < -0.4 is 20.1 Å². The molecule has 1 aliphatic heterocycles. The Morgan fingerprint density at radius 2 is 2.06 bits per heavy atom. The monoisotopic (exact) mass is 502 g/mol. The van der Waals surface area contributed by atoms with Gasteiger partial charge in [0.25, 0.3) is 5.91 Å². The molecule has 0 atom stereocenters. The predicted molar refractivity (Wildman–Crippen MR) is 135 cm³/mol. The molecule has 1 aromatic carbocycles. The highest BCUT2D eigenvalue weighted by Gasteiger charge is 2.51. The highest BCUT2D eigenvalue weighted by molar-refractivity contribution is 6.32. The Morgan fingerprint density at radius 3 is 2.83 bits per heavy atom. The fourth-order valence-corrected chi connectivity index (χ4v) is 5.17. The molecule has 3 N–H and O–H groups in total. The number of pyridine rings is 1. The molecule has 1 amide bonds. The van der Waals surface area contributed by atoms with Crippen LogP contribution in [0.3, 0.4) is 0 Å². The summed E-state index contributed by atoms with van der Waals surface area (Å²) in [7, 11) is 1.57. The Bertz CT molecular complexity index is 1540. The normalized spacial score (nSPS) is 17.6. The van der Waals surface area contributed by atoms with E-state index in [0.717, 1.165) is 42.6 Å². The van der Waals surface area contributed by atoms with E-state index in [2.05, 4.69) is 25.6 Å². The minimum absolute atomic E-state index is 0.0750. The van der Waals surface area contributed by atoms with Gasteiger partial charge in [-0.1, -0.05) is 17.7 Å². The molecule has 182 valence electrons. The van der Waals surface area contributed by atoms with Crippen molar-refractivity contribution in [3.8, 4) is 23.0 Å². The maximum atomic E-state index is 13.2. The standard InChI is InChI=1S/C26H23ClN6O3/c1-35-22-15(27)3-2-4-16(22)31-21-18-23(26(8-9-26)12-30-24(18)34)32-20(21)14-7-10-28-17-11-29-25(33-19(14)17)36-13-5-6-13/h2-4,7,10-11,13,31-32H,5-6,8-9,12H2,1H3,(H,30,34). The maximum absolute atomic E-state index is 13.2. The summed E-state index contributed by atoms with van der Waals surface area (Å²) in [4.78, 5) is 30.4. The zero-order valence-electron chi connectivity index (χ0n) is 19.5. The SMILES string of the molecule is COc1c(Cl)cccc1Nc1c(-c2ccnc3cnc(OC4CC4)nc23)[nH]c2c1C(=O)NCC21CC1.